The maximum Gasteiger partial charge on any atom is 0.338 e. The largest absolute Gasteiger partial charge is 0.463 e. The summed E-state index contributed by atoms with van der Waals surface area (Å²) in [5.74, 6) is -0.942. The number of benzene rings is 2. The molecule has 0 bridgehead atoms. The molecule has 8 heteroatoms. The lowest BCUT2D eigenvalue weighted by Crippen LogP contribution is -2.39. The number of esters is 1. The minimum absolute atomic E-state index is 0.187. The van der Waals surface area contributed by atoms with E-state index in [4.69, 9.17) is 4.74 Å². The van der Waals surface area contributed by atoms with Crippen LogP contribution in [0.25, 0.3) is 11.8 Å². The Kier molecular flexibility index (Phi) is 6.75. The van der Waals surface area contributed by atoms with Crippen molar-refractivity contribution < 1.29 is 13.9 Å². The van der Waals surface area contributed by atoms with Crippen molar-refractivity contribution in [1.29, 1.82) is 0 Å². The van der Waals surface area contributed by atoms with Crippen molar-refractivity contribution in [1.82, 2.24) is 9.13 Å². The van der Waals surface area contributed by atoms with E-state index in [1.54, 1.807) is 26.0 Å². The van der Waals surface area contributed by atoms with E-state index in [0.717, 1.165) is 22.6 Å². The van der Waals surface area contributed by atoms with Crippen molar-refractivity contribution in [2.24, 2.45) is 4.99 Å². The van der Waals surface area contributed by atoms with Crippen LogP contribution in [0, 0.1) is 26.6 Å². The monoisotopic (exact) mass is 529 g/mol. The normalized spacial score (nSPS) is 15.4. The first-order valence-electron chi connectivity index (χ1n) is 12.4. The number of allylic oxidation sites excluding steroid dienone is 1. The van der Waals surface area contributed by atoms with Gasteiger partial charge in [0.2, 0.25) is 0 Å². The minimum Gasteiger partial charge on any atom is -0.463 e. The summed E-state index contributed by atoms with van der Waals surface area (Å²) < 4.78 is 23.2. The van der Waals surface area contributed by atoms with Crippen LogP contribution in [0.3, 0.4) is 0 Å². The SMILES string of the molecule is CCOC(=O)C1=C(C)N=c2s/c(=C\c3cc(C)n(-c4ccc(C)cc4)c3C)c(=O)n2[C@@H]1c1ccc(F)cc1. The lowest BCUT2D eigenvalue weighted by molar-refractivity contribution is -0.139. The van der Waals surface area contributed by atoms with Gasteiger partial charge in [0.15, 0.2) is 4.80 Å². The summed E-state index contributed by atoms with van der Waals surface area (Å²) in [5.41, 5.74) is 6.31. The summed E-state index contributed by atoms with van der Waals surface area (Å²) in [5, 5.41) is 0. The molecule has 4 aromatic rings. The number of aryl methyl sites for hydroxylation is 2. The Labute approximate surface area is 223 Å². The summed E-state index contributed by atoms with van der Waals surface area (Å²) in [6.45, 7) is 9.76. The van der Waals surface area contributed by atoms with Gasteiger partial charge < -0.3 is 9.30 Å². The minimum atomic E-state index is -0.770. The first-order valence-corrected chi connectivity index (χ1v) is 13.2. The molecule has 0 amide bonds. The van der Waals surface area contributed by atoms with E-state index in [1.807, 2.05) is 19.9 Å². The number of thiazole rings is 1. The van der Waals surface area contributed by atoms with Gasteiger partial charge in [0.05, 0.1) is 28.5 Å². The maximum atomic E-state index is 13.8. The smallest absolute Gasteiger partial charge is 0.338 e. The highest BCUT2D eigenvalue weighted by molar-refractivity contribution is 7.07. The first kappa shape index (κ1) is 25.6. The van der Waals surface area contributed by atoms with Gasteiger partial charge in [-0.2, -0.15) is 0 Å². The fourth-order valence-corrected chi connectivity index (χ4v) is 5.96. The average Bonchev–Trinajstić information content (AvgIpc) is 3.34. The van der Waals surface area contributed by atoms with Gasteiger partial charge in [-0.05, 0) is 82.2 Å². The number of carbonyl (C=O) groups excluding carboxylic acids is 1. The van der Waals surface area contributed by atoms with Gasteiger partial charge in [0, 0.05) is 17.1 Å². The topological polar surface area (TPSA) is 65.6 Å². The van der Waals surface area contributed by atoms with E-state index in [9.17, 15) is 14.0 Å². The predicted octanol–water partition coefficient (Wildman–Crippen LogP) is 4.65. The molecule has 3 heterocycles. The highest BCUT2D eigenvalue weighted by atomic mass is 32.1. The van der Waals surface area contributed by atoms with Gasteiger partial charge in [0.25, 0.3) is 5.56 Å². The molecule has 0 fully saturated rings. The molecule has 6 nitrogen and oxygen atoms in total. The Morgan fingerprint density at radius 3 is 2.42 bits per heavy atom. The molecular weight excluding hydrogens is 501 g/mol. The number of halogens is 1. The second kappa shape index (κ2) is 10.0. The second-order valence-corrected chi connectivity index (χ2v) is 10.4. The van der Waals surface area contributed by atoms with Crippen molar-refractivity contribution in [3.05, 3.63) is 119 Å². The molecule has 0 spiro atoms. The molecule has 0 aliphatic carbocycles. The van der Waals surface area contributed by atoms with E-state index in [-0.39, 0.29) is 17.7 Å². The van der Waals surface area contributed by atoms with Gasteiger partial charge in [0.1, 0.15) is 5.82 Å². The molecule has 0 N–H and O–H groups in total. The number of rotatable bonds is 5. The molecule has 1 atom stereocenters. The van der Waals surface area contributed by atoms with Gasteiger partial charge in [-0.15, -0.1) is 0 Å². The molecule has 38 heavy (non-hydrogen) atoms. The van der Waals surface area contributed by atoms with Crippen LogP contribution >= 0.6 is 11.3 Å². The van der Waals surface area contributed by atoms with Crippen LogP contribution < -0.4 is 14.9 Å². The summed E-state index contributed by atoms with van der Waals surface area (Å²) >= 11 is 1.27. The van der Waals surface area contributed by atoms with Crippen LogP contribution in [0.2, 0.25) is 0 Å². The van der Waals surface area contributed by atoms with Gasteiger partial charge in [-0.3, -0.25) is 9.36 Å². The van der Waals surface area contributed by atoms with Crippen LogP contribution in [0.5, 0.6) is 0 Å². The van der Waals surface area contributed by atoms with E-state index >= 15 is 0 Å². The Bertz CT molecular complexity index is 1760. The molecule has 1 aliphatic rings. The van der Waals surface area contributed by atoms with Crippen LogP contribution in [-0.2, 0) is 9.53 Å². The lowest BCUT2D eigenvalue weighted by atomic mass is 9.96. The molecule has 0 saturated heterocycles. The second-order valence-electron chi connectivity index (χ2n) is 9.35. The number of nitrogens with zero attached hydrogens (tertiary/aromatic N) is 3. The summed E-state index contributed by atoms with van der Waals surface area (Å²) in [6, 6.07) is 15.4. The van der Waals surface area contributed by atoms with Gasteiger partial charge in [-0.25, -0.2) is 14.2 Å². The zero-order chi connectivity index (χ0) is 27.1. The van der Waals surface area contributed by atoms with Crippen LogP contribution in [0.1, 0.15) is 48.0 Å². The van der Waals surface area contributed by atoms with Crippen LogP contribution in [-0.4, -0.2) is 21.7 Å². The standard InChI is InChI=1S/C30H28FN3O3S/c1-6-37-29(36)26-19(4)32-30-34(27(26)21-9-11-23(31)12-10-21)28(35)25(38-30)16-22-15-18(3)33(20(22)5)24-13-7-17(2)8-14-24/h7-16,27H,6H2,1-5H3/b25-16-/t27-/m1/s1. The zero-order valence-electron chi connectivity index (χ0n) is 21.9. The highest BCUT2D eigenvalue weighted by Crippen LogP contribution is 2.31. The average molecular weight is 530 g/mol. The maximum absolute atomic E-state index is 13.8. The number of hydrogen-bond acceptors (Lipinski definition) is 5. The van der Waals surface area contributed by atoms with E-state index in [0.29, 0.717) is 20.6 Å². The van der Waals surface area contributed by atoms with E-state index in [2.05, 4.69) is 46.8 Å². The van der Waals surface area contributed by atoms with Gasteiger partial charge in [-0.1, -0.05) is 41.2 Å². The Morgan fingerprint density at radius 2 is 1.76 bits per heavy atom. The first-order chi connectivity index (χ1) is 18.2. The summed E-state index contributed by atoms with van der Waals surface area (Å²) in [4.78, 5) is 31.9. The third-order valence-corrected chi connectivity index (χ3v) is 7.73. The van der Waals surface area contributed by atoms with E-state index < -0.39 is 17.8 Å². The number of carbonyl (C=O) groups is 1. The van der Waals surface area contributed by atoms with Crippen LogP contribution in [0.15, 0.2) is 75.7 Å². The van der Waals surface area contributed by atoms with Crippen molar-refractivity contribution >= 4 is 23.4 Å². The number of ether oxygens (including phenoxy) is 1. The van der Waals surface area contributed by atoms with Crippen LogP contribution in [0.4, 0.5) is 4.39 Å². The molecular formula is C30H28FN3O3S. The number of fused-ring (bicyclic) bond motifs is 1. The molecule has 0 saturated carbocycles. The quantitative estimate of drug-likeness (QED) is 0.354. The van der Waals surface area contributed by atoms with E-state index in [1.165, 1.54) is 33.6 Å². The molecule has 0 unspecified atom stereocenters. The molecule has 2 aromatic heterocycles. The Hall–Kier alpha value is -4.04. The Balaban J connectivity index is 1.68. The predicted molar refractivity (Wildman–Crippen MR) is 147 cm³/mol. The molecule has 2 aromatic carbocycles. The third kappa shape index (κ3) is 4.45. The number of hydrogen-bond donors (Lipinski definition) is 0. The lowest BCUT2D eigenvalue weighted by Gasteiger charge is -2.24. The fraction of sp³-hybridized carbons (Fsp3) is 0.233. The molecule has 0 radical (unpaired) electrons. The fourth-order valence-electron chi connectivity index (χ4n) is 4.92. The van der Waals surface area contributed by atoms with Crippen molar-refractivity contribution in [2.45, 2.75) is 40.7 Å². The Morgan fingerprint density at radius 1 is 1.08 bits per heavy atom. The molecule has 194 valence electrons. The number of aromatic nitrogens is 2. The highest BCUT2D eigenvalue weighted by Gasteiger charge is 2.33. The third-order valence-electron chi connectivity index (χ3n) is 6.75. The summed E-state index contributed by atoms with van der Waals surface area (Å²) in [6.07, 6.45) is 1.88. The summed E-state index contributed by atoms with van der Waals surface area (Å²) in [7, 11) is 0. The molecule has 5 rings (SSSR count). The zero-order valence-corrected chi connectivity index (χ0v) is 22.7. The van der Waals surface area contributed by atoms with Gasteiger partial charge >= 0.3 is 5.97 Å². The van der Waals surface area contributed by atoms with Crippen molar-refractivity contribution in [3.8, 4) is 5.69 Å². The molecule has 1 aliphatic heterocycles. The van der Waals surface area contributed by atoms with Crippen molar-refractivity contribution in [2.75, 3.05) is 6.61 Å². The van der Waals surface area contributed by atoms with Crippen molar-refractivity contribution in [3.63, 3.8) is 0 Å².